The molecule has 2 rings (SSSR count). The van der Waals surface area contributed by atoms with Gasteiger partial charge in [0, 0.05) is 18.0 Å². The monoisotopic (exact) mass is 317 g/mol. The van der Waals surface area contributed by atoms with E-state index in [1.54, 1.807) is 0 Å². The van der Waals surface area contributed by atoms with Gasteiger partial charge in [0.05, 0.1) is 29.4 Å². The fourth-order valence-electron chi connectivity index (χ4n) is 2.37. The van der Waals surface area contributed by atoms with Gasteiger partial charge in [0.25, 0.3) is 0 Å². The molecular formula is C15H21Cl2NO2. The van der Waals surface area contributed by atoms with Gasteiger partial charge in [-0.25, -0.2) is 0 Å². The van der Waals surface area contributed by atoms with Gasteiger partial charge < -0.3 is 15.2 Å². The minimum absolute atomic E-state index is 0.0728. The second-order valence-electron chi connectivity index (χ2n) is 6.02. The molecule has 0 amide bonds. The molecule has 0 aromatic heterocycles. The molecule has 5 heteroatoms. The van der Waals surface area contributed by atoms with Crippen molar-refractivity contribution in [2.75, 3.05) is 19.8 Å². The number of aliphatic hydroxyl groups is 1. The van der Waals surface area contributed by atoms with Crippen LogP contribution in [0, 0.1) is 0 Å². The van der Waals surface area contributed by atoms with E-state index in [2.05, 4.69) is 19.2 Å². The summed E-state index contributed by atoms with van der Waals surface area (Å²) in [6.45, 7) is 6.17. The van der Waals surface area contributed by atoms with E-state index in [1.165, 1.54) is 0 Å². The molecule has 1 aliphatic rings. The summed E-state index contributed by atoms with van der Waals surface area (Å²) in [5, 5.41) is 14.2. The average molecular weight is 318 g/mol. The number of benzene rings is 1. The molecule has 2 N–H and O–H groups in total. The van der Waals surface area contributed by atoms with Gasteiger partial charge in [-0.1, -0.05) is 43.1 Å². The summed E-state index contributed by atoms with van der Waals surface area (Å²) < 4.78 is 5.35. The summed E-state index contributed by atoms with van der Waals surface area (Å²) in [4.78, 5) is 0. The fraction of sp³-hybridized carbons (Fsp3) is 0.600. The van der Waals surface area contributed by atoms with E-state index in [9.17, 15) is 5.11 Å². The topological polar surface area (TPSA) is 41.5 Å². The number of aliphatic hydroxyl groups excluding tert-OH is 1. The Kier molecular flexibility index (Phi) is 5.32. The van der Waals surface area contributed by atoms with Crippen molar-refractivity contribution in [2.24, 2.45) is 0 Å². The highest BCUT2D eigenvalue weighted by atomic mass is 35.5. The van der Waals surface area contributed by atoms with Gasteiger partial charge in [-0.3, -0.25) is 0 Å². The van der Waals surface area contributed by atoms with Gasteiger partial charge in [-0.05, 0) is 24.1 Å². The summed E-state index contributed by atoms with van der Waals surface area (Å²) >= 11 is 12.0. The van der Waals surface area contributed by atoms with Crippen molar-refractivity contribution >= 4 is 23.2 Å². The first-order valence-electron chi connectivity index (χ1n) is 6.83. The lowest BCUT2D eigenvalue weighted by Gasteiger charge is -2.32. The van der Waals surface area contributed by atoms with Gasteiger partial charge in [0.1, 0.15) is 0 Å². The van der Waals surface area contributed by atoms with E-state index in [0.29, 0.717) is 23.3 Å². The number of halogens is 2. The molecule has 112 valence electrons. The van der Waals surface area contributed by atoms with Gasteiger partial charge >= 0.3 is 0 Å². The Bertz CT molecular complexity index is 465. The van der Waals surface area contributed by atoms with Crippen LogP contribution in [0.15, 0.2) is 18.2 Å². The van der Waals surface area contributed by atoms with Crippen LogP contribution in [0.5, 0.6) is 0 Å². The van der Waals surface area contributed by atoms with Crippen molar-refractivity contribution in [3.8, 4) is 0 Å². The average Bonchev–Trinajstić information content (AvgIpc) is 2.40. The first-order chi connectivity index (χ1) is 9.38. The summed E-state index contributed by atoms with van der Waals surface area (Å²) in [6, 6.07) is 5.94. The highest BCUT2D eigenvalue weighted by Crippen LogP contribution is 2.29. The standard InChI is InChI=1S/C15H21Cl2NO2/c1-15(2,10-3-4-13(16)14(17)5-10)9-18-11-6-12(19)8-20-7-11/h3-5,11-12,18-19H,6-9H2,1-2H3. The number of nitrogens with one attached hydrogen (secondary N) is 1. The summed E-state index contributed by atoms with van der Waals surface area (Å²) in [6.07, 6.45) is 0.367. The quantitative estimate of drug-likeness (QED) is 0.897. The van der Waals surface area contributed by atoms with E-state index in [1.807, 2.05) is 18.2 Å². The van der Waals surface area contributed by atoms with Crippen molar-refractivity contribution in [2.45, 2.75) is 37.8 Å². The second kappa shape index (κ2) is 6.63. The van der Waals surface area contributed by atoms with Gasteiger partial charge in [-0.15, -0.1) is 0 Å². The van der Waals surface area contributed by atoms with E-state index in [-0.39, 0.29) is 17.6 Å². The van der Waals surface area contributed by atoms with Gasteiger partial charge in [-0.2, -0.15) is 0 Å². The molecule has 1 aromatic carbocycles. The third-order valence-corrected chi connectivity index (χ3v) is 4.46. The molecule has 1 aliphatic heterocycles. The maximum atomic E-state index is 9.60. The number of ether oxygens (including phenoxy) is 1. The van der Waals surface area contributed by atoms with Crippen LogP contribution in [0.25, 0.3) is 0 Å². The van der Waals surface area contributed by atoms with Crippen LogP contribution in [-0.2, 0) is 10.2 Å². The predicted octanol–water partition coefficient (Wildman–Crippen LogP) is 3.01. The van der Waals surface area contributed by atoms with Crippen molar-refractivity contribution in [1.82, 2.24) is 5.32 Å². The molecular weight excluding hydrogens is 297 g/mol. The number of hydrogen-bond donors (Lipinski definition) is 2. The van der Waals surface area contributed by atoms with Crippen molar-refractivity contribution < 1.29 is 9.84 Å². The maximum Gasteiger partial charge on any atom is 0.0789 e. The molecule has 3 nitrogen and oxygen atoms in total. The lowest BCUT2D eigenvalue weighted by molar-refractivity contribution is -0.0237. The van der Waals surface area contributed by atoms with E-state index in [0.717, 1.165) is 18.5 Å². The Balaban J connectivity index is 1.97. The van der Waals surface area contributed by atoms with Crippen LogP contribution in [0.4, 0.5) is 0 Å². The van der Waals surface area contributed by atoms with Crippen molar-refractivity contribution in [1.29, 1.82) is 0 Å². The molecule has 0 spiro atoms. The Morgan fingerprint density at radius 2 is 2.05 bits per heavy atom. The minimum atomic E-state index is -0.366. The fourth-order valence-corrected chi connectivity index (χ4v) is 2.67. The van der Waals surface area contributed by atoms with E-state index < -0.39 is 0 Å². The zero-order valence-electron chi connectivity index (χ0n) is 11.8. The summed E-state index contributed by atoms with van der Waals surface area (Å²) in [5.41, 5.74) is 1.06. The molecule has 1 fully saturated rings. The molecule has 0 saturated carbocycles. The third-order valence-electron chi connectivity index (χ3n) is 3.72. The van der Waals surface area contributed by atoms with Crippen molar-refractivity contribution in [3.05, 3.63) is 33.8 Å². The van der Waals surface area contributed by atoms with Crippen LogP contribution in [-0.4, -0.2) is 37.0 Å². The SMILES string of the molecule is CC(C)(CNC1COCC(O)C1)c1ccc(Cl)c(Cl)c1. The molecule has 0 aliphatic carbocycles. The molecule has 20 heavy (non-hydrogen) atoms. The van der Waals surface area contributed by atoms with E-state index >= 15 is 0 Å². The molecule has 1 heterocycles. The van der Waals surface area contributed by atoms with Crippen LogP contribution < -0.4 is 5.32 Å². The summed E-state index contributed by atoms with van der Waals surface area (Å²) in [7, 11) is 0. The third kappa shape index (κ3) is 4.09. The normalized spacial score (nSPS) is 23.9. The Morgan fingerprint density at radius 3 is 2.70 bits per heavy atom. The number of hydrogen-bond acceptors (Lipinski definition) is 3. The highest BCUT2D eigenvalue weighted by Gasteiger charge is 2.25. The molecule has 0 radical (unpaired) electrons. The predicted molar refractivity (Wildman–Crippen MR) is 82.7 cm³/mol. The van der Waals surface area contributed by atoms with Crippen molar-refractivity contribution in [3.63, 3.8) is 0 Å². The zero-order valence-corrected chi connectivity index (χ0v) is 13.3. The van der Waals surface area contributed by atoms with Crippen LogP contribution >= 0.6 is 23.2 Å². The van der Waals surface area contributed by atoms with E-state index in [4.69, 9.17) is 27.9 Å². The maximum absolute atomic E-state index is 9.60. The molecule has 0 bridgehead atoms. The lowest BCUT2D eigenvalue weighted by atomic mass is 9.84. The molecule has 1 aromatic rings. The van der Waals surface area contributed by atoms with Crippen LogP contribution in [0.3, 0.4) is 0 Å². The Morgan fingerprint density at radius 1 is 1.30 bits per heavy atom. The first kappa shape index (κ1) is 16.1. The number of rotatable bonds is 4. The zero-order chi connectivity index (χ0) is 14.8. The Hall–Kier alpha value is -0.320. The summed E-state index contributed by atoms with van der Waals surface area (Å²) in [5.74, 6) is 0. The molecule has 2 atom stereocenters. The lowest BCUT2D eigenvalue weighted by Crippen LogP contribution is -2.46. The van der Waals surface area contributed by atoms with Gasteiger partial charge in [0.2, 0.25) is 0 Å². The van der Waals surface area contributed by atoms with Crippen LogP contribution in [0.1, 0.15) is 25.8 Å². The minimum Gasteiger partial charge on any atom is -0.391 e. The second-order valence-corrected chi connectivity index (χ2v) is 6.83. The first-order valence-corrected chi connectivity index (χ1v) is 7.59. The smallest absolute Gasteiger partial charge is 0.0789 e. The highest BCUT2D eigenvalue weighted by molar-refractivity contribution is 6.42. The largest absolute Gasteiger partial charge is 0.391 e. The van der Waals surface area contributed by atoms with Crippen LogP contribution in [0.2, 0.25) is 10.0 Å². The molecule has 2 unspecified atom stereocenters. The van der Waals surface area contributed by atoms with Gasteiger partial charge in [0.15, 0.2) is 0 Å². The molecule has 1 saturated heterocycles. The Labute approximate surface area is 130 Å².